The van der Waals surface area contributed by atoms with Gasteiger partial charge in [0.15, 0.2) is 0 Å². The number of nitrogens with one attached hydrogen (secondary N) is 1. The minimum absolute atomic E-state index is 0.0752. The summed E-state index contributed by atoms with van der Waals surface area (Å²) in [7, 11) is 0. The molecule has 0 spiro atoms. The average molecular weight is 359 g/mol. The van der Waals surface area contributed by atoms with Crippen LogP contribution in [-0.4, -0.2) is 10.9 Å². The van der Waals surface area contributed by atoms with Crippen LogP contribution in [0, 0.1) is 6.92 Å². The third-order valence-electron chi connectivity index (χ3n) is 2.82. The number of hydrogen-bond acceptors (Lipinski definition) is 2. The zero-order valence-corrected chi connectivity index (χ0v) is 12.4. The van der Waals surface area contributed by atoms with Gasteiger partial charge in [-0.3, -0.25) is 9.78 Å². The van der Waals surface area contributed by atoms with Gasteiger partial charge in [-0.25, -0.2) is 0 Å². The fraction of sp³-hybridized carbons (Fsp3) is 0.143. The van der Waals surface area contributed by atoms with Crippen molar-refractivity contribution in [2.45, 2.75) is 13.1 Å². The number of benzene rings is 1. The standard InChI is InChI=1S/C14H10BrF3N2O/c1-8-4-5-19-7-12(8)20-13(21)9-2-3-11(15)10(6-9)14(16,17)18/h2-7H,1H3,(H,20,21). The molecule has 0 radical (unpaired) electrons. The molecule has 3 nitrogen and oxygen atoms in total. The second kappa shape index (κ2) is 5.85. The molecule has 0 aliphatic rings. The number of amides is 1. The third kappa shape index (κ3) is 3.60. The van der Waals surface area contributed by atoms with Gasteiger partial charge in [-0.2, -0.15) is 13.2 Å². The zero-order valence-electron chi connectivity index (χ0n) is 10.8. The average Bonchev–Trinajstić information content (AvgIpc) is 2.40. The van der Waals surface area contributed by atoms with Crippen molar-refractivity contribution in [3.8, 4) is 0 Å². The lowest BCUT2D eigenvalue weighted by atomic mass is 10.1. The number of aryl methyl sites for hydroxylation is 1. The Hall–Kier alpha value is -1.89. The van der Waals surface area contributed by atoms with E-state index in [2.05, 4.69) is 26.2 Å². The first kappa shape index (κ1) is 15.5. The molecule has 7 heteroatoms. The minimum Gasteiger partial charge on any atom is -0.320 e. The van der Waals surface area contributed by atoms with E-state index in [4.69, 9.17) is 0 Å². The van der Waals surface area contributed by atoms with E-state index in [1.807, 2.05) is 0 Å². The topological polar surface area (TPSA) is 42.0 Å². The van der Waals surface area contributed by atoms with Gasteiger partial charge >= 0.3 is 6.18 Å². The molecule has 1 aromatic heterocycles. The van der Waals surface area contributed by atoms with Gasteiger partial charge in [-0.05, 0) is 36.8 Å². The summed E-state index contributed by atoms with van der Waals surface area (Å²) in [6.07, 6.45) is -1.53. The van der Waals surface area contributed by atoms with Crippen molar-refractivity contribution in [3.63, 3.8) is 0 Å². The molecular weight excluding hydrogens is 349 g/mol. The highest BCUT2D eigenvalue weighted by Crippen LogP contribution is 2.35. The molecule has 0 unspecified atom stereocenters. The van der Waals surface area contributed by atoms with Crippen LogP contribution in [-0.2, 0) is 6.18 Å². The summed E-state index contributed by atoms with van der Waals surface area (Å²) in [5.41, 5.74) is 0.261. The van der Waals surface area contributed by atoms with Crippen molar-refractivity contribution in [3.05, 3.63) is 57.8 Å². The first-order valence-corrected chi connectivity index (χ1v) is 6.67. The highest BCUT2D eigenvalue weighted by atomic mass is 79.9. The molecule has 0 aliphatic carbocycles. The van der Waals surface area contributed by atoms with E-state index in [0.717, 1.165) is 11.6 Å². The first-order chi connectivity index (χ1) is 9.79. The number of nitrogens with zero attached hydrogens (tertiary/aromatic N) is 1. The van der Waals surface area contributed by atoms with Gasteiger partial charge < -0.3 is 5.32 Å². The maximum Gasteiger partial charge on any atom is 0.417 e. The van der Waals surface area contributed by atoms with Crippen molar-refractivity contribution in [2.24, 2.45) is 0 Å². The lowest BCUT2D eigenvalue weighted by Gasteiger charge is -2.12. The molecule has 2 rings (SSSR count). The van der Waals surface area contributed by atoms with Gasteiger partial charge in [0, 0.05) is 16.2 Å². The number of hydrogen-bond donors (Lipinski definition) is 1. The van der Waals surface area contributed by atoms with Crippen molar-refractivity contribution in [1.82, 2.24) is 4.98 Å². The lowest BCUT2D eigenvalue weighted by Crippen LogP contribution is -2.15. The fourth-order valence-electron chi connectivity index (χ4n) is 1.67. The number of alkyl halides is 3. The molecule has 21 heavy (non-hydrogen) atoms. The predicted octanol–water partition coefficient (Wildman–Crippen LogP) is 4.42. The van der Waals surface area contributed by atoms with Crippen molar-refractivity contribution < 1.29 is 18.0 Å². The summed E-state index contributed by atoms with van der Waals surface area (Å²) in [4.78, 5) is 15.9. The second-order valence-corrected chi connectivity index (χ2v) is 5.19. The summed E-state index contributed by atoms with van der Waals surface area (Å²) < 4.78 is 38.3. The molecule has 0 aliphatic heterocycles. The molecule has 110 valence electrons. The highest BCUT2D eigenvalue weighted by Gasteiger charge is 2.33. The molecule has 0 saturated heterocycles. The Morgan fingerprint density at radius 3 is 2.62 bits per heavy atom. The van der Waals surface area contributed by atoms with E-state index in [-0.39, 0.29) is 10.0 Å². The Labute approximate surface area is 127 Å². The number of anilines is 1. The molecule has 1 amide bonds. The number of pyridine rings is 1. The molecule has 2 aromatic rings. The van der Waals surface area contributed by atoms with Gasteiger partial charge in [0.05, 0.1) is 17.4 Å². The van der Waals surface area contributed by atoms with E-state index >= 15 is 0 Å². The zero-order chi connectivity index (χ0) is 15.6. The van der Waals surface area contributed by atoms with Crippen LogP contribution in [0.3, 0.4) is 0 Å². The Bertz CT molecular complexity index is 686. The van der Waals surface area contributed by atoms with Crippen molar-refractivity contribution in [1.29, 1.82) is 0 Å². The Kier molecular flexibility index (Phi) is 4.32. The predicted molar refractivity (Wildman–Crippen MR) is 76.1 cm³/mol. The fourth-order valence-corrected chi connectivity index (χ4v) is 2.14. The number of rotatable bonds is 2. The van der Waals surface area contributed by atoms with Crippen molar-refractivity contribution >= 4 is 27.5 Å². The molecule has 1 N–H and O–H groups in total. The van der Waals surface area contributed by atoms with E-state index in [1.165, 1.54) is 18.3 Å². The summed E-state index contributed by atoms with van der Waals surface area (Å²) in [6, 6.07) is 5.03. The summed E-state index contributed by atoms with van der Waals surface area (Å²) in [6.45, 7) is 1.76. The van der Waals surface area contributed by atoms with Crippen LogP contribution in [0.4, 0.5) is 18.9 Å². The number of halogens is 4. The molecule has 0 saturated carbocycles. The smallest absolute Gasteiger partial charge is 0.320 e. The normalized spacial score (nSPS) is 11.3. The maximum atomic E-state index is 12.8. The van der Waals surface area contributed by atoms with Crippen LogP contribution >= 0.6 is 15.9 Å². The monoisotopic (exact) mass is 358 g/mol. The molecule has 0 atom stereocenters. The number of carbonyl (C=O) groups is 1. The van der Waals surface area contributed by atoms with Crippen LogP contribution in [0.5, 0.6) is 0 Å². The van der Waals surface area contributed by atoms with Crippen molar-refractivity contribution in [2.75, 3.05) is 5.32 Å². The Morgan fingerprint density at radius 2 is 2.00 bits per heavy atom. The minimum atomic E-state index is -4.53. The Morgan fingerprint density at radius 1 is 1.29 bits per heavy atom. The highest BCUT2D eigenvalue weighted by molar-refractivity contribution is 9.10. The van der Waals surface area contributed by atoms with Gasteiger partial charge in [0.25, 0.3) is 5.91 Å². The lowest BCUT2D eigenvalue weighted by molar-refractivity contribution is -0.138. The van der Waals surface area contributed by atoms with Gasteiger partial charge in [-0.1, -0.05) is 15.9 Å². The third-order valence-corrected chi connectivity index (χ3v) is 3.51. The van der Waals surface area contributed by atoms with Gasteiger partial charge in [0.1, 0.15) is 0 Å². The summed E-state index contributed by atoms with van der Waals surface area (Å²) in [5.74, 6) is -0.621. The molecule has 0 bridgehead atoms. The maximum absolute atomic E-state index is 12.8. The van der Waals surface area contributed by atoms with Crippen LogP contribution in [0.1, 0.15) is 21.5 Å². The van der Waals surface area contributed by atoms with Crippen LogP contribution in [0.15, 0.2) is 41.1 Å². The first-order valence-electron chi connectivity index (χ1n) is 5.88. The van der Waals surface area contributed by atoms with E-state index in [1.54, 1.807) is 19.2 Å². The van der Waals surface area contributed by atoms with E-state index in [0.29, 0.717) is 5.69 Å². The molecule has 1 aromatic carbocycles. The second-order valence-electron chi connectivity index (χ2n) is 4.34. The number of carbonyl (C=O) groups excluding carboxylic acids is 1. The quantitative estimate of drug-likeness (QED) is 0.862. The van der Waals surface area contributed by atoms with E-state index in [9.17, 15) is 18.0 Å². The largest absolute Gasteiger partial charge is 0.417 e. The number of aromatic nitrogens is 1. The molecular formula is C14H10BrF3N2O. The van der Waals surface area contributed by atoms with Crippen LogP contribution < -0.4 is 5.32 Å². The summed E-state index contributed by atoms with van der Waals surface area (Å²) in [5, 5.41) is 2.54. The SMILES string of the molecule is Cc1ccncc1NC(=O)c1ccc(Br)c(C(F)(F)F)c1. The van der Waals surface area contributed by atoms with Crippen LogP contribution in [0.25, 0.3) is 0 Å². The van der Waals surface area contributed by atoms with Crippen LogP contribution in [0.2, 0.25) is 0 Å². The van der Waals surface area contributed by atoms with Gasteiger partial charge in [-0.15, -0.1) is 0 Å². The summed E-state index contributed by atoms with van der Waals surface area (Å²) >= 11 is 2.83. The Balaban J connectivity index is 2.31. The van der Waals surface area contributed by atoms with E-state index < -0.39 is 17.6 Å². The molecule has 1 heterocycles. The van der Waals surface area contributed by atoms with Gasteiger partial charge in [0.2, 0.25) is 0 Å². The molecule has 0 fully saturated rings.